The quantitative estimate of drug-likeness (QED) is 0.326. The molecule has 0 fully saturated rings. The first-order valence-corrected chi connectivity index (χ1v) is 5.14. The Morgan fingerprint density at radius 3 is 1.37 bits per heavy atom. The predicted octanol–water partition coefficient (Wildman–Crippen LogP) is -3.08. The van der Waals surface area contributed by atoms with Gasteiger partial charge in [-0.15, -0.1) is 0 Å². The SMILES string of the molecule is O=C(OC(=O)c1ccccc1)c1ccccc1.[H-].[H-].[Li+].[Na+]. The van der Waals surface area contributed by atoms with Crippen LogP contribution in [0.15, 0.2) is 60.7 Å². The van der Waals surface area contributed by atoms with E-state index in [0.29, 0.717) is 11.1 Å². The van der Waals surface area contributed by atoms with Crippen molar-refractivity contribution in [2.45, 2.75) is 0 Å². The average Bonchev–Trinajstić information content (AvgIpc) is 2.40. The van der Waals surface area contributed by atoms with Gasteiger partial charge in [-0.2, -0.15) is 0 Å². The van der Waals surface area contributed by atoms with Gasteiger partial charge in [0.15, 0.2) is 0 Å². The summed E-state index contributed by atoms with van der Waals surface area (Å²) in [5.41, 5.74) is 0.716. The van der Waals surface area contributed by atoms with Gasteiger partial charge in [0.05, 0.1) is 11.1 Å². The van der Waals surface area contributed by atoms with E-state index in [1.807, 2.05) is 0 Å². The van der Waals surface area contributed by atoms with Gasteiger partial charge in [-0.05, 0) is 24.3 Å². The zero-order chi connectivity index (χ0) is 12.1. The van der Waals surface area contributed by atoms with Gasteiger partial charge in [-0.1, -0.05) is 36.4 Å². The van der Waals surface area contributed by atoms with Crippen LogP contribution in [0.1, 0.15) is 23.6 Å². The maximum absolute atomic E-state index is 11.6. The molecule has 0 saturated carbocycles. The Bertz CT molecular complexity index is 489. The maximum Gasteiger partial charge on any atom is 1.00 e. The molecule has 0 bridgehead atoms. The molecule has 88 valence electrons. The number of rotatable bonds is 2. The van der Waals surface area contributed by atoms with Gasteiger partial charge in [-0.3, -0.25) is 0 Å². The van der Waals surface area contributed by atoms with Gasteiger partial charge in [0.2, 0.25) is 0 Å². The summed E-state index contributed by atoms with van der Waals surface area (Å²) >= 11 is 0. The summed E-state index contributed by atoms with van der Waals surface area (Å²) in [5.74, 6) is -1.28. The van der Waals surface area contributed by atoms with E-state index in [2.05, 4.69) is 0 Å². The number of esters is 2. The molecule has 0 atom stereocenters. The Balaban J connectivity index is -0.000000810. The van der Waals surface area contributed by atoms with Crippen LogP contribution in [0.4, 0.5) is 0 Å². The summed E-state index contributed by atoms with van der Waals surface area (Å²) in [6.07, 6.45) is 0. The first kappa shape index (κ1) is 18.2. The molecule has 0 radical (unpaired) electrons. The number of carbonyl (C=O) groups is 2. The second kappa shape index (κ2) is 9.14. The van der Waals surface area contributed by atoms with E-state index >= 15 is 0 Å². The Hall–Kier alpha value is -0.823. The van der Waals surface area contributed by atoms with Crippen molar-refractivity contribution in [3.05, 3.63) is 71.8 Å². The molecule has 0 N–H and O–H groups in total. The van der Waals surface area contributed by atoms with Crippen LogP contribution in [0.5, 0.6) is 0 Å². The largest absolute Gasteiger partial charge is 1.00 e. The molecule has 0 aliphatic rings. The molecule has 0 aliphatic carbocycles. The minimum atomic E-state index is -0.639. The van der Waals surface area contributed by atoms with E-state index in [1.54, 1.807) is 60.7 Å². The minimum Gasteiger partial charge on any atom is -1.00 e. The molecule has 0 heterocycles. The van der Waals surface area contributed by atoms with E-state index in [1.165, 1.54) is 0 Å². The van der Waals surface area contributed by atoms with Gasteiger partial charge in [0.25, 0.3) is 0 Å². The van der Waals surface area contributed by atoms with E-state index in [-0.39, 0.29) is 51.3 Å². The molecule has 0 amide bonds. The minimum absolute atomic E-state index is 0. The normalized spacial score (nSPS) is 8.63. The number of hydrogen-bond acceptors (Lipinski definition) is 3. The Morgan fingerprint density at radius 1 is 0.737 bits per heavy atom. The molecule has 19 heavy (non-hydrogen) atoms. The Labute approximate surface area is 148 Å². The van der Waals surface area contributed by atoms with Crippen molar-refractivity contribution in [3.63, 3.8) is 0 Å². The van der Waals surface area contributed by atoms with Crippen molar-refractivity contribution < 1.29 is 65.6 Å². The predicted molar refractivity (Wildman–Crippen MR) is 64.9 cm³/mol. The Kier molecular flexibility index (Phi) is 8.74. The maximum atomic E-state index is 11.6. The molecular weight excluding hydrogens is 246 g/mol. The van der Waals surface area contributed by atoms with Crippen LogP contribution in [-0.4, -0.2) is 11.9 Å². The second-order valence-corrected chi connectivity index (χ2v) is 3.41. The summed E-state index contributed by atoms with van der Waals surface area (Å²) in [4.78, 5) is 23.2. The smallest absolute Gasteiger partial charge is 1.00 e. The van der Waals surface area contributed by atoms with Gasteiger partial charge in [-0.25, -0.2) is 9.59 Å². The van der Waals surface area contributed by atoms with Crippen molar-refractivity contribution in [3.8, 4) is 0 Å². The van der Waals surface area contributed by atoms with Crippen molar-refractivity contribution in [2.24, 2.45) is 0 Å². The van der Waals surface area contributed by atoms with Crippen LogP contribution in [0, 0.1) is 0 Å². The molecule has 0 aliphatic heterocycles. The fourth-order valence-corrected chi connectivity index (χ4v) is 1.35. The average molecular weight is 258 g/mol. The number of ether oxygens (including phenoxy) is 1. The molecule has 0 spiro atoms. The third-order valence-corrected chi connectivity index (χ3v) is 2.20. The van der Waals surface area contributed by atoms with Crippen LogP contribution in [0.25, 0.3) is 0 Å². The van der Waals surface area contributed by atoms with Crippen LogP contribution in [0.3, 0.4) is 0 Å². The van der Waals surface area contributed by atoms with Crippen LogP contribution in [0.2, 0.25) is 0 Å². The monoisotopic (exact) mass is 258 g/mol. The van der Waals surface area contributed by atoms with E-state index in [9.17, 15) is 9.59 Å². The van der Waals surface area contributed by atoms with Crippen molar-refractivity contribution in [2.75, 3.05) is 0 Å². The first-order chi connectivity index (χ1) is 8.27. The van der Waals surface area contributed by atoms with Crippen molar-refractivity contribution >= 4 is 11.9 Å². The topological polar surface area (TPSA) is 43.4 Å². The summed E-state index contributed by atoms with van der Waals surface area (Å²) in [6.45, 7) is 0. The van der Waals surface area contributed by atoms with Crippen molar-refractivity contribution in [1.29, 1.82) is 0 Å². The molecule has 2 aromatic carbocycles. The summed E-state index contributed by atoms with van der Waals surface area (Å²) in [7, 11) is 0. The summed E-state index contributed by atoms with van der Waals surface area (Å²) < 4.78 is 4.74. The Morgan fingerprint density at radius 2 is 1.05 bits per heavy atom. The number of hydrogen-bond donors (Lipinski definition) is 0. The zero-order valence-electron chi connectivity index (χ0n) is 13.0. The van der Waals surface area contributed by atoms with Crippen LogP contribution in [-0.2, 0) is 4.74 Å². The van der Waals surface area contributed by atoms with Gasteiger partial charge in [0, 0.05) is 0 Å². The molecule has 5 heteroatoms. The molecule has 3 nitrogen and oxygen atoms in total. The van der Waals surface area contributed by atoms with E-state index < -0.39 is 11.9 Å². The molecule has 0 unspecified atom stereocenters. The molecule has 2 aromatic rings. The third kappa shape index (κ3) is 5.36. The van der Waals surface area contributed by atoms with Gasteiger partial charge < -0.3 is 7.59 Å². The van der Waals surface area contributed by atoms with Crippen LogP contribution >= 0.6 is 0 Å². The van der Waals surface area contributed by atoms with Gasteiger partial charge >= 0.3 is 60.4 Å². The first-order valence-electron chi connectivity index (χ1n) is 5.14. The standard InChI is InChI=1S/C14H10O3.Li.Na.2H/c15-13(11-7-3-1-4-8-11)17-14(16)12-9-5-2-6-10-12;;;;/h1-10H;;;;/q;2*+1;2*-1. The summed E-state index contributed by atoms with van der Waals surface area (Å²) in [5, 5.41) is 0. The molecule has 0 aromatic heterocycles. The zero-order valence-corrected chi connectivity index (χ0v) is 13.0. The second-order valence-electron chi connectivity index (χ2n) is 3.41. The van der Waals surface area contributed by atoms with E-state index in [4.69, 9.17) is 4.74 Å². The third-order valence-electron chi connectivity index (χ3n) is 2.20. The molecule has 2 rings (SSSR count). The van der Waals surface area contributed by atoms with Gasteiger partial charge in [0.1, 0.15) is 0 Å². The van der Waals surface area contributed by atoms with Crippen LogP contribution < -0.4 is 48.4 Å². The molecular formula is C14H12LiNaO3. The fraction of sp³-hybridized carbons (Fsp3) is 0. The molecule has 0 saturated heterocycles. The number of benzene rings is 2. The van der Waals surface area contributed by atoms with E-state index in [0.717, 1.165) is 0 Å². The van der Waals surface area contributed by atoms with Crippen molar-refractivity contribution in [1.82, 2.24) is 0 Å². The number of carbonyl (C=O) groups excluding carboxylic acids is 2. The summed E-state index contributed by atoms with van der Waals surface area (Å²) in [6, 6.07) is 16.8. The fourth-order valence-electron chi connectivity index (χ4n) is 1.35.